The number of carbonyl (C=O) groups is 2. The summed E-state index contributed by atoms with van der Waals surface area (Å²) in [5, 5.41) is 6.09. The Bertz CT molecular complexity index is 1060. The lowest BCUT2D eigenvalue weighted by Gasteiger charge is -2.29. The molecular formula is C24H24N4O3. The fourth-order valence-electron chi connectivity index (χ4n) is 3.33. The van der Waals surface area contributed by atoms with Crippen LogP contribution in [0.5, 0.6) is 5.75 Å². The van der Waals surface area contributed by atoms with Crippen molar-refractivity contribution in [3.63, 3.8) is 0 Å². The van der Waals surface area contributed by atoms with Gasteiger partial charge in [0.2, 0.25) is 0 Å². The lowest BCUT2D eigenvalue weighted by Crippen LogP contribution is -2.39. The minimum atomic E-state index is -0.201. The van der Waals surface area contributed by atoms with E-state index in [1.54, 1.807) is 23.2 Å². The fraction of sp³-hybridized carbons (Fsp3) is 0.208. The number of aromatic nitrogens is 1. The molecule has 7 nitrogen and oxygen atoms in total. The quantitative estimate of drug-likeness (QED) is 0.571. The van der Waals surface area contributed by atoms with Gasteiger partial charge in [0, 0.05) is 25.0 Å². The SMILES string of the molecule is Cc1ccc(NC(=O)c2ccc(NCCCN3C(=O)COc4ccccc43)nc2)cc1. The smallest absolute Gasteiger partial charge is 0.265 e. The first-order valence-electron chi connectivity index (χ1n) is 10.2. The molecule has 0 saturated heterocycles. The van der Waals surface area contributed by atoms with Gasteiger partial charge in [-0.25, -0.2) is 4.98 Å². The molecule has 2 aromatic carbocycles. The molecule has 0 aliphatic carbocycles. The van der Waals surface area contributed by atoms with E-state index in [0.717, 1.165) is 29.1 Å². The third-order valence-corrected chi connectivity index (χ3v) is 5.01. The van der Waals surface area contributed by atoms with Crippen molar-refractivity contribution in [2.75, 3.05) is 35.2 Å². The van der Waals surface area contributed by atoms with Gasteiger partial charge in [0.05, 0.1) is 11.3 Å². The zero-order chi connectivity index (χ0) is 21.6. The monoisotopic (exact) mass is 416 g/mol. The van der Waals surface area contributed by atoms with Crippen molar-refractivity contribution < 1.29 is 14.3 Å². The average molecular weight is 416 g/mol. The average Bonchev–Trinajstić information content (AvgIpc) is 2.80. The highest BCUT2D eigenvalue weighted by molar-refractivity contribution is 6.04. The number of benzene rings is 2. The van der Waals surface area contributed by atoms with Gasteiger partial charge in [0.25, 0.3) is 11.8 Å². The summed E-state index contributed by atoms with van der Waals surface area (Å²) in [7, 11) is 0. The van der Waals surface area contributed by atoms with Gasteiger partial charge in [-0.15, -0.1) is 0 Å². The summed E-state index contributed by atoms with van der Waals surface area (Å²) in [6, 6.07) is 18.7. The van der Waals surface area contributed by atoms with E-state index in [1.807, 2.05) is 55.5 Å². The topological polar surface area (TPSA) is 83.6 Å². The molecule has 3 aromatic rings. The number of ether oxygens (including phenoxy) is 1. The number of fused-ring (bicyclic) bond motifs is 1. The Hall–Kier alpha value is -3.87. The molecule has 0 bridgehead atoms. The highest BCUT2D eigenvalue weighted by atomic mass is 16.5. The third-order valence-electron chi connectivity index (χ3n) is 5.01. The van der Waals surface area contributed by atoms with Crippen molar-refractivity contribution in [3.05, 3.63) is 78.0 Å². The number of rotatable bonds is 7. The molecule has 1 aromatic heterocycles. The molecule has 0 radical (unpaired) electrons. The molecular weight excluding hydrogens is 392 g/mol. The molecule has 0 fully saturated rings. The minimum absolute atomic E-state index is 0.0410. The van der Waals surface area contributed by atoms with E-state index in [1.165, 1.54) is 0 Å². The number of para-hydroxylation sites is 2. The first-order valence-corrected chi connectivity index (χ1v) is 10.2. The van der Waals surface area contributed by atoms with Crippen molar-refractivity contribution in [1.82, 2.24) is 4.98 Å². The van der Waals surface area contributed by atoms with Crippen molar-refractivity contribution in [1.29, 1.82) is 0 Å². The fourth-order valence-corrected chi connectivity index (χ4v) is 3.33. The number of pyridine rings is 1. The Balaban J connectivity index is 1.27. The molecule has 2 N–H and O–H groups in total. The van der Waals surface area contributed by atoms with Crippen molar-refractivity contribution >= 4 is 29.0 Å². The predicted octanol–water partition coefficient (Wildman–Crippen LogP) is 3.87. The number of aryl methyl sites for hydroxylation is 1. The van der Waals surface area contributed by atoms with Crippen molar-refractivity contribution in [2.45, 2.75) is 13.3 Å². The molecule has 7 heteroatoms. The van der Waals surface area contributed by atoms with Crippen LogP contribution in [0.1, 0.15) is 22.3 Å². The van der Waals surface area contributed by atoms with Gasteiger partial charge in [0.15, 0.2) is 6.61 Å². The number of amides is 2. The Labute approximate surface area is 181 Å². The van der Waals surface area contributed by atoms with E-state index in [9.17, 15) is 9.59 Å². The lowest BCUT2D eigenvalue weighted by molar-refractivity contribution is -0.121. The Morgan fingerprint density at radius 2 is 1.90 bits per heavy atom. The molecule has 2 heterocycles. The number of hydrogen-bond donors (Lipinski definition) is 2. The molecule has 1 aliphatic rings. The van der Waals surface area contributed by atoms with E-state index in [0.29, 0.717) is 24.5 Å². The molecule has 0 spiro atoms. The lowest BCUT2D eigenvalue weighted by atomic mass is 10.2. The number of anilines is 3. The van der Waals surface area contributed by atoms with Gasteiger partial charge in [0.1, 0.15) is 11.6 Å². The molecule has 158 valence electrons. The predicted molar refractivity (Wildman–Crippen MR) is 121 cm³/mol. The summed E-state index contributed by atoms with van der Waals surface area (Å²) in [5.41, 5.74) is 3.18. The first-order chi connectivity index (χ1) is 15.1. The maximum absolute atomic E-state index is 12.4. The van der Waals surface area contributed by atoms with Gasteiger partial charge in [-0.3, -0.25) is 9.59 Å². The van der Waals surface area contributed by atoms with Crippen LogP contribution in [0.25, 0.3) is 0 Å². The van der Waals surface area contributed by atoms with Crippen LogP contribution in [-0.4, -0.2) is 36.5 Å². The van der Waals surface area contributed by atoms with Crippen LogP contribution >= 0.6 is 0 Å². The van der Waals surface area contributed by atoms with E-state index in [-0.39, 0.29) is 18.4 Å². The van der Waals surface area contributed by atoms with Crippen LogP contribution < -0.4 is 20.3 Å². The number of hydrogen-bond acceptors (Lipinski definition) is 5. The third kappa shape index (κ3) is 5.01. The normalized spacial score (nSPS) is 12.7. The van der Waals surface area contributed by atoms with Gasteiger partial charge >= 0.3 is 0 Å². The number of nitrogens with one attached hydrogen (secondary N) is 2. The highest BCUT2D eigenvalue weighted by Gasteiger charge is 2.24. The van der Waals surface area contributed by atoms with Gasteiger partial charge < -0.3 is 20.3 Å². The minimum Gasteiger partial charge on any atom is -0.482 e. The van der Waals surface area contributed by atoms with Crippen LogP contribution in [0.2, 0.25) is 0 Å². The van der Waals surface area contributed by atoms with Crippen LogP contribution in [0, 0.1) is 6.92 Å². The summed E-state index contributed by atoms with van der Waals surface area (Å²) >= 11 is 0. The van der Waals surface area contributed by atoms with Crippen LogP contribution in [0.15, 0.2) is 66.9 Å². The van der Waals surface area contributed by atoms with Crippen molar-refractivity contribution in [2.24, 2.45) is 0 Å². The molecule has 1 aliphatic heterocycles. The molecule has 2 amide bonds. The largest absolute Gasteiger partial charge is 0.482 e. The Morgan fingerprint density at radius 3 is 2.68 bits per heavy atom. The zero-order valence-corrected chi connectivity index (χ0v) is 17.3. The summed E-state index contributed by atoms with van der Waals surface area (Å²) < 4.78 is 5.47. The summed E-state index contributed by atoms with van der Waals surface area (Å²) in [6.07, 6.45) is 2.30. The second-order valence-corrected chi connectivity index (χ2v) is 7.33. The van der Waals surface area contributed by atoms with E-state index < -0.39 is 0 Å². The molecule has 0 saturated carbocycles. The molecule has 0 atom stereocenters. The first kappa shape index (κ1) is 20.4. The second-order valence-electron chi connectivity index (χ2n) is 7.33. The van der Waals surface area contributed by atoms with E-state index in [4.69, 9.17) is 4.74 Å². The highest BCUT2D eigenvalue weighted by Crippen LogP contribution is 2.31. The zero-order valence-electron chi connectivity index (χ0n) is 17.3. The maximum Gasteiger partial charge on any atom is 0.265 e. The van der Waals surface area contributed by atoms with Gasteiger partial charge in [-0.1, -0.05) is 29.8 Å². The standard InChI is InChI=1S/C24H24N4O3/c1-17-7-10-19(11-8-17)27-24(30)18-9-12-22(26-15-18)25-13-4-14-28-20-5-2-3-6-21(20)31-16-23(28)29/h2-3,5-12,15H,4,13-14,16H2,1H3,(H,25,26)(H,27,30). The van der Waals surface area contributed by atoms with E-state index >= 15 is 0 Å². The van der Waals surface area contributed by atoms with Gasteiger partial charge in [-0.05, 0) is 49.7 Å². The summed E-state index contributed by atoms with van der Waals surface area (Å²) in [5.74, 6) is 1.17. The Kier molecular flexibility index (Phi) is 6.12. The van der Waals surface area contributed by atoms with Crippen LogP contribution in [0.3, 0.4) is 0 Å². The van der Waals surface area contributed by atoms with Gasteiger partial charge in [-0.2, -0.15) is 0 Å². The summed E-state index contributed by atoms with van der Waals surface area (Å²) in [4.78, 5) is 30.6. The Morgan fingerprint density at radius 1 is 1.10 bits per heavy atom. The summed E-state index contributed by atoms with van der Waals surface area (Å²) in [6.45, 7) is 3.30. The number of nitrogens with zero attached hydrogens (tertiary/aromatic N) is 2. The molecule has 31 heavy (non-hydrogen) atoms. The second kappa shape index (κ2) is 9.30. The number of carbonyl (C=O) groups excluding carboxylic acids is 2. The molecule has 4 rings (SSSR count). The van der Waals surface area contributed by atoms with E-state index in [2.05, 4.69) is 15.6 Å². The molecule has 0 unspecified atom stereocenters. The van der Waals surface area contributed by atoms with Crippen molar-refractivity contribution in [3.8, 4) is 5.75 Å². The van der Waals surface area contributed by atoms with Crippen LogP contribution in [-0.2, 0) is 4.79 Å². The maximum atomic E-state index is 12.4. The van der Waals surface area contributed by atoms with Crippen LogP contribution in [0.4, 0.5) is 17.2 Å².